The molecule has 0 amide bonds. The number of ether oxygens (including phenoxy) is 1. The van der Waals surface area contributed by atoms with E-state index in [1.165, 1.54) is 49.3 Å². The number of fused-ring (bicyclic) bond motifs is 3. The van der Waals surface area contributed by atoms with Gasteiger partial charge in [0.25, 0.3) is 0 Å². The third kappa shape index (κ3) is 2.24. The van der Waals surface area contributed by atoms with Crippen molar-refractivity contribution in [3.8, 4) is 5.75 Å². The summed E-state index contributed by atoms with van der Waals surface area (Å²) in [7, 11) is 2.23. The Kier molecular flexibility index (Phi) is 3.58. The number of rotatable bonds is 2. The van der Waals surface area contributed by atoms with Crippen LogP contribution in [0.2, 0.25) is 0 Å². The molecule has 4 rings (SSSR count). The smallest absolute Gasteiger partial charge is 0.163 e. The molecule has 0 aliphatic carbocycles. The molecule has 0 radical (unpaired) electrons. The first-order valence-corrected chi connectivity index (χ1v) is 9.51. The van der Waals surface area contributed by atoms with Gasteiger partial charge in [-0.3, -0.25) is 0 Å². The lowest BCUT2D eigenvalue weighted by Crippen LogP contribution is -2.40. The van der Waals surface area contributed by atoms with E-state index in [0.29, 0.717) is 10.9 Å². The van der Waals surface area contributed by atoms with Crippen molar-refractivity contribution >= 4 is 21.7 Å². The third-order valence-corrected chi connectivity index (χ3v) is 8.38. The van der Waals surface area contributed by atoms with Crippen molar-refractivity contribution in [2.75, 3.05) is 7.11 Å². The molecule has 0 spiro atoms. The molecular formula is C19H23OS+. The summed E-state index contributed by atoms with van der Waals surface area (Å²) in [6.45, 7) is 0. The van der Waals surface area contributed by atoms with Crippen LogP contribution in [0.4, 0.5) is 0 Å². The van der Waals surface area contributed by atoms with Crippen LogP contribution in [0.3, 0.4) is 0 Å². The van der Waals surface area contributed by atoms with Gasteiger partial charge in [0.15, 0.2) is 4.90 Å². The molecule has 2 aromatic rings. The van der Waals surface area contributed by atoms with Crippen LogP contribution in [0.1, 0.15) is 38.5 Å². The van der Waals surface area contributed by atoms with E-state index >= 15 is 0 Å². The molecule has 2 aliphatic rings. The zero-order valence-electron chi connectivity index (χ0n) is 12.7. The van der Waals surface area contributed by atoms with Crippen molar-refractivity contribution in [2.45, 2.75) is 53.9 Å². The summed E-state index contributed by atoms with van der Waals surface area (Å²) in [4.78, 5) is 1.61. The normalized spacial score (nSPS) is 28.5. The molecule has 2 heterocycles. The SMILES string of the molecule is COc1ccc([S+]2C3CCCC2CCC3)c2ccccc12. The zero-order valence-corrected chi connectivity index (χ0v) is 13.5. The molecule has 21 heavy (non-hydrogen) atoms. The molecule has 0 aromatic heterocycles. The molecule has 2 saturated heterocycles. The molecule has 0 saturated carbocycles. The van der Waals surface area contributed by atoms with E-state index in [4.69, 9.17) is 4.74 Å². The number of hydrogen-bond acceptors (Lipinski definition) is 1. The fraction of sp³-hybridized carbons (Fsp3) is 0.474. The molecule has 110 valence electrons. The van der Waals surface area contributed by atoms with Crippen molar-refractivity contribution in [1.29, 1.82) is 0 Å². The zero-order chi connectivity index (χ0) is 14.2. The van der Waals surface area contributed by atoms with E-state index in [0.717, 1.165) is 16.2 Å². The Morgan fingerprint density at radius 3 is 2.10 bits per heavy atom. The third-order valence-electron chi connectivity index (χ3n) is 5.14. The van der Waals surface area contributed by atoms with Crippen LogP contribution in [0.25, 0.3) is 10.8 Å². The largest absolute Gasteiger partial charge is 0.496 e. The highest BCUT2D eigenvalue weighted by Crippen LogP contribution is 2.44. The average Bonchev–Trinajstić information content (AvgIpc) is 2.53. The summed E-state index contributed by atoms with van der Waals surface area (Å²) in [5.41, 5.74) is 0. The lowest BCUT2D eigenvalue weighted by atomic mass is 9.99. The van der Waals surface area contributed by atoms with E-state index < -0.39 is 0 Å². The highest BCUT2D eigenvalue weighted by Gasteiger charge is 2.46. The van der Waals surface area contributed by atoms with E-state index in [9.17, 15) is 0 Å². The highest BCUT2D eigenvalue weighted by atomic mass is 32.2. The predicted octanol–water partition coefficient (Wildman–Crippen LogP) is 4.93. The minimum absolute atomic E-state index is 0.456. The van der Waals surface area contributed by atoms with E-state index in [1.54, 1.807) is 12.0 Å². The van der Waals surface area contributed by atoms with Gasteiger partial charge in [-0.1, -0.05) is 18.2 Å². The second-order valence-electron chi connectivity index (χ2n) is 6.29. The fourth-order valence-corrected chi connectivity index (χ4v) is 7.80. The first kappa shape index (κ1) is 13.5. The highest BCUT2D eigenvalue weighted by molar-refractivity contribution is 7.98. The second kappa shape index (κ2) is 5.57. The molecule has 2 aliphatic heterocycles. The van der Waals surface area contributed by atoms with Crippen molar-refractivity contribution < 1.29 is 4.74 Å². The van der Waals surface area contributed by atoms with Gasteiger partial charge in [0, 0.05) is 21.7 Å². The Hall–Kier alpha value is -1.15. The van der Waals surface area contributed by atoms with Gasteiger partial charge in [-0.2, -0.15) is 0 Å². The summed E-state index contributed by atoms with van der Waals surface area (Å²) < 4.78 is 5.57. The number of benzene rings is 2. The Labute approximate surface area is 130 Å². The molecule has 2 heteroatoms. The van der Waals surface area contributed by atoms with Gasteiger partial charge < -0.3 is 4.74 Å². The Balaban J connectivity index is 1.87. The van der Waals surface area contributed by atoms with Crippen LogP contribution in [-0.2, 0) is 10.9 Å². The predicted molar refractivity (Wildman–Crippen MR) is 91.4 cm³/mol. The molecule has 1 nitrogen and oxygen atoms in total. The summed E-state index contributed by atoms with van der Waals surface area (Å²) in [5.74, 6) is 1.01. The lowest BCUT2D eigenvalue weighted by molar-refractivity contribution is 0.419. The maximum absolute atomic E-state index is 5.57. The van der Waals surface area contributed by atoms with E-state index in [-0.39, 0.29) is 0 Å². The van der Waals surface area contributed by atoms with Crippen LogP contribution in [0.15, 0.2) is 41.3 Å². The first-order chi connectivity index (χ1) is 10.4. The van der Waals surface area contributed by atoms with Gasteiger partial charge in [0.05, 0.1) is 7.11 Å². The topological polar surface area (TPSA) is 9.23 Å². The summed E-state index contributed by atoms with van der Waals surface area (Å²) in [6.07, 6.45) is 8.68. The molecule has 0 atom stereocenters. The summed E-state index contributed by atoms with van der Waals surface area (Å²) >= 11 is 0. The Morgan fingerprint density at radius 1 is 0.857 bits per heavy atom. The van der Waals surface area contributed by atoms with Crippen LogP contribution in [-0.4, -0.2) is 17.6 Å². The maximum Gasteiger partial charge on any atom is 0.163 e. The van der Waals surface area contributed by atoms with Gasteiger partial charge >= 0.3 is 0 Å². The minimum atomic E-state index is 0.456. The molecule has 0 unspecified atom stereocenters. The van der Waals surface area contributed by atoms with Crippen LogP contribution in [0.5, 0.6) is 5.75 Å². The minimum Gasteiger partial charge on any atom is -0.496 e. The molecule has 2 aromatic carbocycles. The quantitative estimate of drug-likeness (QED) is 0.714. The number of methoxy groups -OCH3 is 1. The fourth-order valence-electron chi connectivity index (χ4n) is 4.20. The standard InChI is InChI=1S/C19H23OS/c1-20-18-12-13-19(17-11-3-2-10-16(17)18)21-14-6-4-7-15(21)9-5-8-14/h2-3,10-15H,4-9H2,1H3/q+1. The summed E-state index contributed by atoms with van der Waals surface area (Å²) in [5, 5.41) is 4.59. The lowest BCUT2D eigenvalue weighted by Gasteiger charge is -2.35. The van der Waals surface area contributed by atoms with Crippen molar-refractivity contribution in [3.05, 3.63) is 36.4 Å². The number of hydrogen-bond donors (Lipinski definition) is 0. The first-order valence-electron chi connectivity index (χ1n) is 8.16. The van der Waals surface area contributed by atoms with Crippen LogP contribution >= 0.6 is 0 Å². The monoisotopic (exact) mass is 299 g/mol. The van der Waals surface area contributed by atoms with Crippen LogP contribution in [0, 0.1) is 0 Å². The van der Waals surface area contributed by atoms with Gasteiger partial charge in [0.2, 0.25) is 0 Å². The summed E-state index contributed by atoms with van der Waals surface area (Å²) in [6, 6.07) is 13.4. The average molecular weight is 299 g/mol. The van der Waals surface area contributed by atoms with Gasteiger partial charge in [0.1, 0.15) is 16.2 Å². The van der Waals surface area contributed by atoms with Gasteiger partial charge in [-0.15, -0.1) is 0 Å². The molecule has 2 fully saturated rings. The maximum atomic E-state index is 5.57. The van der Waals surface area contributed by atoms with Crippen molar-refractivity contribution in [1.82, 2.24) is 0 Å². The van der Waals surface area contributed by atoms with Crippen LogP contribution < -0.4 is 4.74 Å². The van der Waals surface area contributed by atoms with E-state index in [2.05, 4.69) is 36.4 Å². The Morgan fingerprint density at radius 2 is 1.48 bits per heavy atom. The molecular weight excluding hydrogens is 276 g/mol. The van der Waals surface area contributed by atoms with Crippen molar-refractivity contribution in [2.24, 2.45) is 0 Å². The Bertz CT molecular complexity index is 629. The van der Waals surface area contributed by atoms with Crippen molar-refractivity contribution in [3.63, 3.8) is 0 Å². The molecule has 0 N–H and O–H groups in total. The van der Waals surface area contributed by atoms with E-state index in [1.807, 2.05) is 0 Å². The van der Waals surface area contributed by atoms with Gasteiger partial charge in [-0.05, 0) is 56.7 Å². The second-order valence-corrected chi connectivity index (χ2v) is 8.81. The molecule has 2 bridgehead atoms. The van der Waals surface area contributed by atoms with Gasteiger partial charge in [-0.25, -0.2) is 0 Å².